The molecule has 1 N–H and O–H groups in total. The van der Waals surface area contributed by atoms with Crippen LogP contribution in [-0.2, 0) is 19.3 Å². The Labute approximate surface area is 175 Å². The Balaban J connectivity index is 1.64. The maximum atomic E-state index is 5.03. The second-order valence-corrected chi connectivity index (χ2v) is 9.07. The molecular weight excluding hydrogens is 374 g/mol. The van der Waals surface area contributed by atoms with Gasteiger partial charge in [-0.05, 0) is 67.9 Å². The fraction of sp³-hybridized carbons (Fsp3) is 0.280. The lowest BCUT2D eigenvalue weighted by atomic mass is 9.97. The van der Waals surface area contributed by atoms with E-state index in [9.17, 15) is 0 Å². The number of benzene rings is 2. The van der Waals surface area contributed by atoms with E-state index in [1.54, 1.807) is 0 Å². The number of aromatic nitrogens is 2. The molecule has 1 aliphatic carbocycles. The highest BCUT2D eigenvalue weighted by Crippen LogP contribution is 2.39. The second-order valence-electron chi connectivity index (χ2n) is 7.99. The zero-order chi connectivity index (χ0) is 19.8. The van der Waals surface area contributed by atoms with Gasteiger partial charge in [0, 0.05) is 17.0 Å². The Morgan fingerprint density at radius 2 is 1.79 bits per heavy atom. The number of aryl methyl sites for hydroxylation is 4. The van der Waals surface area contributed by atoms with E-state index in [0.29, 0.717) is 0 Å². The maximum absolute atomic E-state index is 5.03. The quantitative estimate of drug-likeness (QED) is 0.424. The van der Waals surface area contributed by atoms with Crippen molar-refractivity contribution in [3.8, 4) is 0 Å². The molecule has 4 heteroatoms. The number of hydrogen-bond donors (Lipinski definition) is 1. The number of hydrogen-bond acceptors (Lipinski definition) is 4. The van der Waals surface area contributed by atoms with Gasteiger partial charge in [0.05, 0.1) is 5.39 Å². The summed E-state index contributed by atoms with van der Waals surface area (Å²) in [5, 5.41) is 4.91. The predicted molar refractivity (Wildman–Crippen MR) is 123 cm³/mol. The molecule has 0 amide bonds. The SMILES string of the molecule is Cc1ccc(C)c(Nc2nc(Cc3ccccc3)nc3sc4c(c23)CCCC4)c1. The molecule has 0 saturated carbocycles. The molecule has 29 heavy (non-hydrogen) atoms. The third-order valence-corrected chi connectivity index (χ3v) is 6.90. The first-order valence-electron chi connectivity index (χ1n) is 10.4. The van der Waals surface area contributed by atoms with Crippen molar-refractivity contribution in [2.45, 2.75) is 46.0 Å². The average Bonchev–Trinajstić information content (AvgIpc) is 3.10. The lowest BCUT2D eigenvalue weighted by Crippen LogP contribution is -2.05. The van der Waals surface area contributed by atoms with Crippen LogP contribution in [0.1, 0.15) is 45.8 Å². The largest absolute Gasteiger partial charge is 0.339 e. The molecule has 2 aromatic carbocycles. The number of nitrogens with zero attached hydrogens (tertiary/aromatic N) is 2. The first-order valence-corrected chi connectivity index (χ1v) is 11.2. The molecule has 4 aromatic rings. The van der Waals surface area contributed by atoms with Crippen molar-refractivity contribution in [3.05, 3.63) is 81.5 Å². The molecule has 0 radical (unpaired) electrons. The van der Waals surface area contributed by atoms with E-state index in [2.05, 4.69) is 61.6 Å². The van der Waals surface area contributed by atoms with Gasteiger partial charge >= 0.3 is 0 Å². The van der Waals surface area contributed by atoms with Crippen molar-refractivity contribution in [1.29, 1.82) is 0 Å². The van der Waals surface area contributed by atoms with E-state index in [1.807, 2.05) is 17.4 Å². The smallest absolute Gasteiger partial charge is 0.143 e. The van der Waals surface area contributed by atoms with Gasteiger partial charge in [-0.1, -0.05) is 42.5 Å². The lowest BCUT2D eigenvalue weighted by molar-refractivity contribution is 0.700. The van der Waals surface area contributed by atoms with Gasteiger partial charge < -0.3 is 5.32 Å². The minimum Gasteiger partial charge on any atom is -0.339 e. The molecule has 0 saturated heterocycles. The highest BCUT2D eigenvalue weighted by atomic mass is 32.1. The lowest BCUT2D eigenvalue weighted by Gasteiger charge is -2.15. The van der Waals surface area contributed by atoms with E-state index in [4.69, 9.17) is 9.97 Å². The molecule has 0 aliphatic heterocycles. The monoisotopic (exact) mass is 399 g/mol. The number of nitrogens with one attached hydrogen (secondary N) is 1. The Morgan fingerprint density at radius 3 is 2.66 bits per heavy atom. The summed E-state index contributed by atoms with van der Waals surface area (Å²) in [6, 6.07) is 17.0. The fourth-order valence-corrected chi connectivity index (χ4v) is 5.43. The molecule has 5 rings (SSSR count). The zero-order valence-corrected chi connectivity index (χ0v) is 17.8. The molecule has 0 fully saturated rings. The Hall–Kier alpha value is -2.72. The van der Waals surface area contributed by atoms with Gasteiger partial charge in [0.2, 0.25) is 0 Å². The van der Waals surface area contributed by atoms with Gasteiger partial charge in [0.1, 0.15) is 16.5 Å². The molecule has 0 atom stereocenters. The van der Waals surface area contributed by atoms with Gasteiger partial charge in [-0.3, -0.25) is 0 Å². The van der Waals surface area contributed by atoms with Gasteiger partial charge in [-0.2, -0.15) is 0 Å². The van der Waals surface area contributed by atoms with Crippen molar-refractivity contribution >= 4 is 33.1 Å². The molecular formula is C25H25N3S. The predicted octanol–water partition coefficient (Wildman–Crippen LogP) is 6.52. The summed E-state index contributed by atoms with van der Waals surface area (Å²) in [5.41, 5.74) is 6.32. The van der Waals surface area contributed by atoms with Gasteiger partial charge in [-0.25, -0.2) is 9.97 Å². The van der Waals surface area contributed by atoms with E-state index in [-0.39, 0.29) is 0 Å². The van der Waals surface area contributed by atoms with Crippen molar-refractivity contribution in [2.75, 3.05) is 5.32 Å². The normalized spacial score (nSPS) is 13.4. The molecule has 0 bridgehead atoms. The van der Waals surface area contributed by atoms with E-state index in [1.165, 1.54) is 51.8 Å². The van der Waals surface area contributed by atoms with Crippen LogP contribution >= 0.6 is 11.3 Å². The Bertz CT molecular complexity index is 1180. The topological polar surface area (TPSA) is 37.8 Å². The summed E-state index contributed by atoms with van der Waals surface area (Å²) < 4.78 is 0. The number of rotatable bonds is 4. The van der Waals surface area contributed by atoms with E-state index in [0.717, 1.165) is 35.0 Å². The first-order chi connectivity index (χ1) is 14.2. The van der Waals surface area contributed by atoms with Crippen molar-refractivity contribution in [2.24, 2.45) is 0 Å². The molecule has 3 nitrogen and oxygen atoms in total. The van der Waals surface area contributed by atoms with Crippen LogP contribution in [0.4, 0.5) is 11.5 Å². The van der Waals surface area contributed by atoms with Crippen LogP contribution in [0.15, 0.2) is 48.5 Å². The second kappa shape index (κ2) is 7.60. The molecule has 146 valence electrons. The summed E-state index contributed by atoms with van der Waals surface area (Å²) in [5.74, 6) is 1.85. The number of anilines is 2. The Morgan fingerprint density at radius 1 is 0.966 bits per heavy atom. The summed E-state index contributed by atoms with van der Waals surface area (Å²) in [6.45, 7) is 4.28. The van der Waals surface area contributed by atoms with Crippen LogP contribution in [-0.4, -0.2) is 9.97 Å². The van der Waals surface area contributed by atoms with Crippen LogP contribution < -0.4 is 5.32 Å². The summed E-state index contributed by atoms with van der Waals surface area (Å²) in [6.07, 6.45) is 5.60. The minimum atomic E-state index is 0.751. The molecule has 2 heterocycles. The van der Waals surface area contributed by atoms with E-state index >= 15 is 0 Å². The van der Waals surface area contributed by atoms with Crippen LogP contribution in [0, 0.1) is 13.8 Å². The van der Waals surface area contributed by atoms with Crippen LogP contribution in [0.3, 0.4) is 0 Å². The zero-order valence-electron chi connectivity index (χ0n) is 17.0. The number of thiophene rings is 1. The van der Waals surface area contributed by atoms with Crippen LogP contribution in [0.25, 0.3) is 10.2 Å². The average molecular weight is 400 g/mol. The molecule has 0 unspecified atom stereocenters. The standard InChI is InChI=1S/C25H25N3S/c1-16-12-13-17(2)20(14-16)26-24-23-19-10-6-7-11-21(19)29-25(23)28-22(27-24)15-18-8-4-3-5-9-18/h3-5,8-9,12-14H,6-7,10-11,15H2,1-2H3,(H,26,27,28). The highest BCUT2D eigenvalue weighted by molar-refractivity contribution is 7.19. The van der Waals surface area contributed by atoms with Crippen molar-refractivity contribution < 1.29 is 0 Å². The van der Waals surface area contributed by atoms with Crippen molar-refractivity contribution in [1.82, 2.24) is 9.97 Å². The summed E-state index contributed by atoms with van der Waals surface area (Å²) >= 11 is 1.87. The maximum Gasteiger partial charge on any atom is 0.143 e. The van der Waals surface area contributed by atoms with Gasteiger partial charge in [-0.15, -0.1) is 11.3 Å². The van der Waals surface area contributed by atoms with Gasteiger partial charge in [0.15, 0.2) is 0 Å². The third kappa shape index (κ3) is 3.65. The van der Waals surface area contributed by atoms with Gasteiger partial charge in [0.25, 0.3) is 0 Å². The molecule has 1 aliphatic rings. The molecule has 2 aromatic heterocycles. The summed E-state index contributed by atoms with van der Waals surface area (Å²) in [4.78, 5) is 12.6. The third-order valence-electron chi connectivity index (χ3n) is 5.71. The first kappa shape index (κ1) is 18.3. The van der Waals surface area contributed by atoms with Crippen LogP contribution in [0.2, 0.25) is 0 Å². The van der Waals surface area contributed by atoms with Crippen molar-refractivity contribution in [3.63, 3.8) is 0 Å². The fourth-order valence-electron chi connectivity index (χ4n) is 4.15. The summed E-state index contributed by atoms with van der Waals surface area (Å²) in [7, 11) is 0. The Kier molecular flexibility index (Phi) is 4.80. The number of fused-ring (bicyclic) bond motifs is 3. The molecule has 0 spiro atoms. The van der Waals surface area contributed by atoms with Crippen LogP contribution in [0.5, 0.6) is 0 Å². The highest BCUT2D eigenvalue weighted by Gasteiger charge is 2.21. The van der Waals surface area contributed by atoms with E-state index < -0.39 is 0 Å². The minimum absolute atomic E-state index is 0.751.